The molecule has 2 N–H and O–H groups in total. The van der Waals surface area contributed by atoms with Crippen LogP contribution in [-0.4, -0.2) is 44.0 Å². The summed E-state index contributed by atoms with van der Waals surface area (Å²) in [5, 5.41) is 12.6. The number of carbonyl (C=O) groups is 1. The molecule has 2 aromatic heterocycles. The second-order valence-electron chi connectivity index (χ2n) is 5.19. The summed E-state index contributed by atoms with van der Waals surface area (Å²) in [5.74, 6) is 0.691. The maximum Gasteiger partial charge on any atom is 0.241 e. The highest BCUT2D eigenvalue weighted by atomic mass is 32.1. The summed E-state index contributed by atoms with van der Waals surface area (Å²) in [4.78, 5) is 19.2. The van der Waals surface area contributed by atoms with E-state index in [-0.39, 0.29) is 12.5 Å². The molecule has 124 valence electrons. The van der Waals surface area contributed by atoms with Crippen molar-refractivity contribution >= 4 is 34.5 Å². The van der Waals surface area contributed by atoms with E-state index in [2.05, 4.69) is 44.6 Å². The van der Waals surface area contributed by atoms with Gasteiger partial charge in [0, 0.05) is 25.5 Å². The first-order valence-corrected chi connectivity index (χ1v) is 9.23. The van der Waals surface area contributed by atoms with Gasteiger partial charge in [-0.1, -0.05) is 6.07 Å². The van der Waals surface area contributed by atoms with E-state index in [0.29, 0.717) is 12.5 Å². The van der Waals surface area contributed by atoms with Crippen LogP contribution >= 0.6 is 22.7 Å². The van der Waals surface area contributed by atoms with Crippen LogP contribution in [0.25, 0.3) is 0 Å². The van der Waals surface area contributed by atoms with Crippen molar-refractivity contribution in [1.29, 1.82) is 0 Å². The van der Waals surface area contributed by atoms with Gasteiger partial charge < -0.3 is 15.5 Å². The zero-order valence-electron chi connectivity index (χ0n) is 13.4. The van der Waals surface area contributed by atoms with Gasteiger partial charge in [0.1, 0.15) is 0 Å². The Kier molecular flexibility index (Phi) is 7.09. The van der Waals surface area contributed by atoms with Gasteiger partial charge in [-0.25, -0.2) is 4.99 Å². The number of aliphatic imine (C=N–C) groups is 1. The van der Waals surface area contributed by atoms with Crippen molar-refractivity contribution in [2.24, 2.45) is 4.99 Å². The highest BCUT2D eigenvalue weighted by Crippen LogP contribution is 2.08. The standard InChI is InChI=1S/C16H22N4OS2/c1-20(2)15(21)11-19-16(18-10-13-6-9-22-12-13)17-7-5-14-4-3-8-23-14/h3-4,6,8-9,12H,5,7,10-11H2,1-2H3,(H2,17,18,19). The van der Waals surface area contributed by atoms with E-state index in [4.69, 9.17) is 0 Å². The van der Waals surface area contributed by atoms with Crippen LogP contribution in [0, 0.1) is 0 Å². The summed E-state index contributed by atoms with van der Waals surface area (Å²) in [6.07, 6.45) is 0.943. The number of thiophene rings is 2. The maximum atomic E-state index is 11.7. The molecule has 0 unspecified atom stereocenters. The molecule has 2 rings (SSSR count). The molecule has 0 aliphatic heterocycles. The molecule has 0 aliphatic carbocycles. The third-order valence-electron chi connectivity index (χ3n) is 3.15. The zero-order valence-corrected chi connectivity index (χ0v) is 15.0. The fraction of sp³-hybridized carbons (Fsp3) is 0.375. The van der Waals surface area contributed by atoms with Crippen molar-refractivity contribution in [3.05, 3.63) is 44.8 Å². The minimum Gasteiger partial charge on any atom is -0.356 e. The quantitative estimate of drug-likeness (QED) is 0.594. The number of guanidine groups is 1. The number of hydrogen-bond acceptors (Lipinski definition) is 4. The molecule has 0 fully saturated rings. The third-order valence-corrected chi connectivity index (χ3v) is 4.82. The van der Waals surface area contributed by atoms with E-state index in [1.54, 1.807) is 41.7 Å². The number of hydrogen-bond donors (Lipinski definition) is 2. The van der Waals surface area contributed by atoms with Crippen molar-refractivity contribution in [3.63, 3.8) is 0 Å². The van der Waals surface area contributed by atoms with Crippen molar-refractivity contribution in [1.82, 2.24) is 15.5 Å². The van der Waals surface area contributed by atoms with Crippen LogP contribution in [0.15, 0.2) is 39.3 Å². The number of carbonyl (C=O) groups excluding carboxylic acids is 1. The number of likely N-dealkylation sites (N-methyl/N-ethyl adjacent to an activating group) is 1. The summed E-state index contributed by atoms with van der Waals surface area (Å²) in [6.45, 7) is 1.63. The molecular weight excluding hydrogens is 328 g/mol. The Morgan fingerprint density at radius 1 is 1.26 bits per heavy atom. The van der Waals surface area contributed by atoms with Crippen LogP contribution in [-0.2, 0) is 17.8 Å². The lowest BCUT2D eigenvalue weighted by Gasteiger charge is -2.14. The number of nitrogens with one attached hydrogen (secondary N) is 2. The Balaban J connectivity index is 1.87. The van der Waals surface area contributed by atoms with Gasteiger partial charge in [0.05, 0.1) is 13.1 Å². The second-order valence-corrected chi connectivity index (χ2v) is 7.01. The Morgan fingerprint density at radius 2 is 2.13 bits per heavy atom. The summed E-state index contributed by atoms with van der Waals surface area (Å²) < 4.78 is 0. The van der Waals surface area contributed by atoms with Crippen molar-refractivity contribution < 1.29 is 4.79 Å². The monoisotopic (exact) mass is 350 g/mol. The summed E-state index contributed by atoms with van der Waals surface area (Å²) in [7, 11) is 3.49. The molecule has 23 heavy (non-hydrogen) atoms. The van der Waals surface area contributed by atoms with Gasteiger partial charge >= 0.3 is 0 Å². The van der Waals surface area contributed by atoms with Gasteiger partial charge in [0.25, 0.3) is 0 Å². The molecule has 7 heteroatoms. The fourth-order valence-corrected chi connectivity index (χ4v) is 3.17. The Labute approximate surface area is 145 Å². The van der Waals surface area contributed by atoms with E-state index in [9.17, 15) is 4.79 Å². The minimum absolute atomic E-state index is 0.0216. The zero-order chi connectivity index (χ0) is 16.5. The molecule has 0 aromatic carbocycles. The van der Waals surface area contributed by atoms with E-state index >= 15 is 0 Å². The number of nitrogens with zero attached hydrogens (tertiary/aromatic N) is 2. The van der Waals surface area contributed by atoms with Crippen LogP contribution in [0.3, 0.4) is 0 Å². The Hall–Kier alpha value is -1.86. The van der Waals surface area contributed by atoms with E-state index in [1.807, 2.05) is 5.38 Å². The molecule has 0 spiro atoms. The average molecular weight is 351 g/mol. The van der Waals surface area contributed by atoms with Gasteiger partial charge in [-0.15, -0.1) is 11.3 Å². The molecule has 2 aromatic rings. The average Bonchev–Trinajstić information content (AvgIpc) is 3.22. The topological polar surface area (TPSA) is 56.7 Å². The lowest BCUT2D eigenvalue weighted by Crippen LogP contribution is -2.43. The predicted molar refractivity (Wildman–Crippen MR) is 98.2 cm³/mol. The molecule has 0 saturated carbocycles. The van der Waals surface area contributed by atoms with Crippen LogP contribution < -0.4 is 10.6 Å². The first-order chi connectivity index (χ1) is 11.1. The minimum atomic E-state index is 0.0216. The largest absolute Gasteiger partial charge is 0.356 e. The summed E-state index contributed by atoms with van der Waals surface area (Å²) in [6, 6.07) is 6.24. The fourth-order valence-electron chi connectivity index (χ4n) is 1.80. The van der Waals surface area contributed by atoms with E-state index < -0.39 is 0 Å². The molecule has 0 aliphatic rings. The molecule has 0 saturated heterocycles. The van der Waals surface area contributed by atoms with Crippen LogP contribution in [0.1, 0.15) is 10.4 Å². The maximum absolute atomic E-state index is 11.7. The number of rotatable bonds is 7. The SMILES string of the molecule is CN(C)C(=O)CNC(=NCc1ccsc1)NCCc1cccs1. The normalized spacial score (nSPS) is 11.3. The lowest BCUT2D eigenvalue weighted by molar-refractivity contribution is -0.127. The molecule has 5 nitrogen and oxygen atoms in total. The third kappa shape index (κ3) is 6.42. The van der Waals surface area contributed by atoms with Gasteiger partial charge in [-0.3, -0.25) is 4.79 Å². The van der Waals surface area contributed by atoms with E-state index in [1.165, 1.54) is 10.4 Å². The lowest BCUT2D eigenvalue weighted by atomic mass is 10.3. The van der Waals surface area contributed by atoms with E-state index in [0.717, 1.165) is 13.0 Å². The van der Waals surface area contributed by atoms with Gasteiger partial charge in [0.15, 0.2) is 5.96 Å². The Bertz CT molecular complexity index is 606. The first-order valence-electron chi connectivity index (χ1n) is 7.41. The van der Waals surface area contributed by atoms with Crippen molar-refractivity contribution in [2.45, 2.75) is 13.0 Å². The highest BCUT2D eigenvalue weighted by Gasteiger charge is 2.06. The molecule has 2 heterocycles. The van der Waals surface area contributed by atoms with Gasteiger partial charge in [-0.2, -0.15) is 11.3 Å². The van der Waals surface area contributed by atoms with Crippen LogP contribution in [0.5, 0.6) is 0 Å². The smallest absolute Gasteiger partial charge is 0.241 e. The summed E-state index contributed by atoms with van der Waals surface area (Å²) >= 11 is 3.41. The second kappa shape index (κ2) is 9.32. The van der Waals surface area contributed by atoms with Crippen LogP contribution in [0.4, 0.5) is 0 Å². The summed E-state index contributed by atoms with van der Waals surface area (Å²) in [5.41, 5.74) is 1.17. The van der Waals surface area contributed by atoms with Gasteiger partial charge in [0.2, 0.25) is 5.91 Å². The Morgan fingerprint density at radius 3 is 2.78 bits per heavy atom. The molecule has 0 atom stereocenters. The van der Waals surface area contributed by atoms with Crippen molar-refractivity contribution in [2.75, 3.05) is 27.2 Å². The van der Waals surface area contributed by atoms with Crippen molar-refractivity contribution in [3.8, 4) is 0 Å². The van der Waals surface area contributed by atoms with Gasteiger partial charge in [-0.05, 0) is 40.3 Å². The molecule has 1 amide bonds. The first kappa shape index (κ1) is 17.5. The number of amides is 1. The molecule has 0 radical (unpaired) electrons. The molecule has 0 bridgehead atoms. The van der Waals surface area contributed by atoms with Crippen LogP contribution in [0.2, 0.25) is 0 Å². The molecular formula is C16H22N4OS2. The predicted octanol–water partition coefficient (Wildman–Crippen LogP) is 2.18. The highest BCUT2D eigenvalue weighted by molar-refractivity contribution is 7.09.